The van der Waals surface area contributed by atoms with Gasteiger partial charge in [-0.2, -0.15) is 0 Å². The Labute approximate surface area is 198 Å². The second-order valence-corrected chi connectivity index (χ2v) is 8.53. The first-order chi connectivity index (χ1) is 16.7. The Bertz CT molecular complexity index is 1250. The molecule has 3 aromatic carbocycles. The van der Waals surface area contributed by atoms with Gasteiger partial charge in [0.1, 0.15) is 11.5 Å². The SMILES string of the molecule is O=C(c1cccc(F)c1)N(Cc1ccccc1)Cc1c(-c2ccccc2)noc1N1CCCC1. The highest BCUT2D eigenvalue weighted by atomic mass is 19.1. The normalized spacial score (nSPS) is 13.3. The minimum Gasteiger partial charge on any atom is -0.340 e. The molecule has 0 unspecified atom stereocenters. The van der Waals surface area contributed by atoms with E-state index in [-0.39, 0.29) is 5.91 Å². The first-order valence-electron chi connectivity index (χ1n) is 11.6. The zero-order valence-corrected chi connectivity index (χ0v) is 18.9. The van der Waals surface area contributed by atoms with Crippen LogP contribution in [-0.2, 0) is 13.1 Å². The molecule has 0 aliphatic carbocycles. The first-order valence-corrected chi connectivity index (χ1v) is 11.6. The summed E-state index contributed by atoms with van der Waals surface area (Å²) in [7, 11) is 0. The van der Waals surface area contributed by atoms with Crippen molar-refractivity contribution in [3.05, 3.63) is 107 Å². The Kier molecular flexibility index (Phi) is 6.38. The van der Waals surface area contributed by atoms with E-state index in [1.54, 1.807) is 17.0 Å². The first kappa shape index (κ1) is 21.9. The number of nitrogens with zero attached hydrogens (tertiary/aromatic N) is 3. The van der Waals surface area contributed by atoms with E-state index in [4.69, 9.17) is 4.52 Å². The number of benzene rings is 3. The van der Waals surface area contributed by atoms with Crippen molar-refractivity contribution < 1.29 is 13.7 Å². The van der Waals surface area contributed by atoms with E-state index < -0.39 is 5.82 Å². The fraction of sp³-hybridized carbons (Fsp3) is 0.214. The van der Waals surface area contributed by atoms with Gasteiger partial charge in [-0.05, 0) is 36.6 Å². The van der Waals surface area contributed by atoms with Crippen LogP contribution in [0.3, 0.4) is 0 Å². The highest BCUT2D eigenvalue weighted by molar-refractivity contribution is 5.94. The number of carbonyl (C=O) groups excluding carboxylic acids is 1. The molecule has 5 rings (SSSR count). The van der Waals surface area contributed by atoms with Crippen molar-refractivity contribution in [2.24, 2.45) is 0 Å². The maximum Gasteiger partial charge on any atom is 0.254 e. The molecule has 172 valence electrons. The third-order valence-corrected chi connectivity index (χ3v) is 6.13. The molecule has 0 spiro atoms. The lowest BCUT2D eigenvalue weighted by atomic mass is 10.1. The summed E-state index contributed by atoms with van der Waals surface area (Å²) in [6.45, 7) is 2.47. The number of rotatable bonds is 7. The van der Waals surface area contributed by atoms with E-state index in [2.05, 4.69) is 10.1 Å². The number of amides is 1. The largest absolute Gasteiger partial charge is 0.340 e. The Morgan fingerprint density at radius 1 is 0.912 bits per heavy atom. The minimum absolute atomic E-state index is 0.240. The molecular formula is C28H26FN3O2. The number of hydrogen-bond donors (Lipinski definition) is 0. The molecular weight excluding hydrogens is 429 g/mol. The van der Waals surface area contributed by atoms with Crippen LogP contribution in [0.25, 0.3) is 11.3 Å². The summed E-state index contributed by atoms with van der Waals surface area (Å²) in [5, 5.41) is 4.42. The van der Waals surface area contributed by atoms with Crippen LogP contribution in [-0.4, -0.2) is 29.1 Å². The van der Waals surface area contributed by atoms with Crippen molar-refractivity contribution in [1.29, 1.82) is 0 Å². The zero-order valence-electron chi connectivity index (χ0n) is 18.9. The van der Waals surface area contributed by atoms with Gasteiger partial charge in [0.2, 0.25) is 5.88 Å². The van der Waals surface area contributed by atoms with Crippen molar-refractivity contribution in [3.63, 3.8) is 0 Å². The molecule has 1 fully saturated rings. The predicted octanol–water partition coefficient (Wildman–Crippen LogP) is 5.92. The summed E-state index contributed by atoms with van der Waals surface area (Å²) in [5.74, 6) is 0.0376. The Hall–Kier alpha value is -3.93. The van der Waals surface area contributed by atoms with Crippen molar-refractivity contribution in [3.8, 4) is 11.3 Å². The molecule has 4 aromatic rings. The Morgan fingerprint density at radius 3 is 2.32 bits per heavy atom. The molecule has 34 heavy (non-hydrogen) atoms. The van der Waals surface area contributed by atoms with Crippen molar-refractivity contribution in [2.45, 2.75) is 25.9 Å². The van der Waals surface area contributed by atoms with Gasteiger partial charge in [-0.15, -0.1) is 0 Å². The van der Waals surface area contributed by atoms with Gasteiger partial charge in [0, 0.05) is 30.8 Å². The minimum atomic E-state index is -0.432. The maximum atomic E-state index is 13.9. The van der Waals surface area contributed by atoms with E-state index in [1.165, 1.54) is 12.1 Å². The van der Waals surface area contributed by atoms with Gasteiger partial charge in [0.25, 0.3) is 5.91 Å². The third-order valence-electron chi connectivity index (χ3n) is 6.13. The average molecular weight is 456 g/mol. The zero-order chi connectivity index (χ0) is 23.3. The average Bonchev–Trinajstić information content (AvgIpc) is 3.54. The van der Waals surface area contributed by atoms with Gasteiger partial charge >= 0.3 is 0 Å². The third kappa shape index (κ3) is 4.71. The second kappa shape index (κ2) is 9.91. The van der Waals surface area contributed by atoms with Gasteiger partial charge in [0.05, 0.1) is 12.1 Å². The number of halogens is 1. The van der Waals surface area contributed by atoms with Crippen LogP contribution >= 0.6 is 0 Å². The van der Waals surface area contributed by atoms with Gasteiger partial charge in [-0.25, -0.2) is 4.39 Å². The molecule has 1 amide bonds. The Morgan fingerprint density at radius 2 is 1.62 bits per heavy atom. The molecule has 2 heterocycles. The predicted molar refractivity (Wildman–Crippen MR) is 130 cm³/mol. The quantitative estimate of drug-likeness (QED) is 0.347. The lowest BCUT2D eigenvalue weighted by Gasteiger charge is -2.25. The van der Waals surface area contributed by atoms with Crippen LogP contribution in [0.1, 0.15) is 34.3 Å². The number of hydrogen-bond acceptors (Lipinski definition) is 4. The van der Waals surface area contributed by atoms with Crippen LogP contribution in [0.2, 0.25) is 0 Å². The molecule has 6 heteroatoms. The van der Waals surface area contributed by atoms with Crippen molar-refractivity contribution >= 4 is 11.8 Å². The molecule has 1 aliphatic heterocycles. The molecule has 1 aliphatic rings. The molecule has 1 saturated heterocycles. The van der Waals surface area contributed by atoms with Crippen LogP contribution in [0.4, 0.5) is 10.3 Å². The van der Waals surface area contributed by atoms with Crippen LogP contribution in [0, 0.1) is 5.82 Å². The summed E-state index contributed by atoms with van der Waals surface area (Å²) in [4.78, 5) is 17.5. The van der Waals surface area contributed by atoms with E-state index in [9.17, 15) is 9.18 Å². The second-order valence-electron chi connectivity index (χ2n) is 8.53. The topological polar surface area (TPSA) is 49.6 Å². The van der Waals surface area contributed by atoms with E-state index in [1.807, 2.05) is 60.7 Å². The fourth-order valence-corrected chi connectivity index (χ4v) is 4.43. The molecule has 1 aromatic heterocycles. The fourth-order valence-electron chi connectivity index (χ4n) is 4.43. The summed E-state index contributed by atoms with van der Waals surface area (Å²) in [6.07, 6.45) is 2.19. The number of carbonyl (C=O) groups is 1. The van der Waals surface area contributed by atoms with Gasteiger partial charge < -0.3 is 14.3 Å². The number of anilines is 1. The smallest absolute Gasteiger partial charge is 0.254 e. The molecule has 0 N–H and O–H groups in total. The van der Waals surface area contributed by atoms with Crippen LogP contribution < -0.4 is 4.90 Å². The molecule has 0 atom stereocenters. The highest BCUT2D eigenvalue weighted by Crippen LogP contribution is 2.34. The summed E-state index contributed by atoms with van der Waals surface area (Å²) < 4.78 is 19.8. The van der Waals surface area contributed by atoms with E-state index >= 15 is 0 Å². The Balaban J connectivity index is 1.55. The van der Waals surface area contributed by atoms with Gasteiger partial charge in [0.15, 0.2) is 0 Å². The number of aromatic nitrogens is 1. The van der Waals surface area contributed by atoms with Gasteiger partial charge in [-0.1, -0.05) is 71.9 Å². The summed E-state index contributed by atoms with van der Waals surface area (Å²) in [6, 6.07) is 25.5. The molecule has 5 nitrogen and oxygen atoms in total. The summed E-state index contributed by atoms with van der Waals surface area (Å²) in [5.41, 5.74) is 3.84. The van der Waals surface area contributed by atoms with Gasteiger partial charge in [-0.3, -0.25) is 4.79 Å². The van der Waals surface area contributed by atoms with Crippen molar-refractivity contribution in [2.75, 3.05) is 18.0 Å². The van der Waals surface area contributed by atoms with Crippen LogP contribution in [0.5, 0.6) is 0 Å². The van der Waals surface area contributed by atoms with Crippen molar-refractivity contribution in [1.82, 2.24) is 10.1 Å². The molecule has 0 bridgehead atoms. The maximum absolute atomic E-state index is 13.9. The standard InChI is InChI=1S/C28H26FN3O2/c29-24-15-9-14-23(18-24)27(33)32(19-21-10-3-1-4-11-21)20-25-26(22-12-5-2-6-13-22)30-34-28(25)31-16-7-8-17-31/h1-6,9-15,18H,7-8,16-17,19-20H2. The van der Waals surface area contributed by atoms with E-state index in [0.29, 0.717) is 24.5 Å². The van der Waals surface area contributed by atoms with E-state index in [0.717, 1.165) is 48.3 Å². The van der Waals surface area contributed by atoms with Crippen LogP contribution in [0.15, 0.2) is 89.5 Å². The lowest BCUT2D eigenvalue weighted by Crippen LogP contribution is -2.31. The summed E-state index contributed by atoms with van der Waals surface area (Å²) >= 11 is 0. The molecule has 0 saturated carbocycles. The monoisotopic (exact) mass is 455 g/mol. The lowest BCUT2D eigenvalue weighted by molar-refractivity contribution is 0.0730. The highest BCUT2D eigenvalue weighted by Gasteiger charge is 2.28. The molecule has 0 radical (unpaired) electrons.